The Morgan fingerprint density at radius 1 is 1.00 bits per heavy atom. The molecule has 7 heteroatoms. The molecule has 18 heavy (non-hydrogen) atoms. The number of alkyl halides is 6. The van der Waals surface area contributed by atoms with E-state index in [1.807, 2.05) is 0 Å². The summed E-state index contributed by atoms with van der Waals surface area (Å²) in [4.78, 5) is 0. The summed E-state index contributed by atoms with van der Waals surface area (Å²) in [6.45, 7) is 1.77. The number of piperidine rings is 1. The molecule has 107 valence electrons. The molecule has 0 aromatic heterocycles. The zero-order chi connectivity index (χ0) is 14.2. The van der Waals surface area contributed by atoms with Crippen LogP contribution in [-0.4, -0.2) is 25.4 Å². The van der Waals surface area contributed by atoms with Crippen LogP contribution in [0, 0.1) is 23.7 Å². The highest BCUT2D eigenvalue weighted by atomic mass is 19.4. The summed E-state index contributed by atoms with van der Waals surface area (Å²) < 4.78 is 76.9. The molecule has 0 saturated carbocycles. The molecule has 0 bridgehead atoms. The Hall–Kier alpha value is -0.460. The molecule has 1 radical (unpaired) electrons. The van der Waals surface area contributed by atoms with E-state index in [1.165, 1.54) is 6.42 Å². The average molecular weight is 276 g/mol. The first kappa shape index (κ1) is 15.6. The molecule has 1 saturated heterocycles. The van der Waals surface area contributed by atoms with Crippen molar-refractivity contribution in [3.05, 3.63) is 6.42 Å². The van der Waals surface area contributed by atoms with E-state index in [9.17, 15) is 26.3 Å². The van der Waals surface area contributed by atoms with Crippen molar-refractivity contribution in [2.24, 2.45) is 17.3 Å². The molecule has 0 amide bonds. The summed E-state index contributed by atoms with van der Waals surface area (Å²) in [6.07, 6.45) is -7.88. The molecule has 1 nitrogen and oxygen atoms in total. The Morgan fingerprint density at radius 2 is 1.44 bits per heavy atom. The van der Waals surface area contributed by atoms with Crippen molar-refractivity contribution >= 4 is 0 Å². The predicted molar refractivity (Wildman–Crippen MR) is 54.7 cm³/mol. The largest absolute Gasteiger partial charge is 0.392 e. The van der Waals surface area contributed by atoms with Crippen LogP contribution in [0.4, 0.5) is 26.3 Å². The number of halogens is 6. The number of hydrogen-bond donors (Lipinski definition) is 1. The molecule has 1 heterocycles. The molecule has 0 aromatic rings. The van der Waals surface area contributed by atoms with Crippen molar-refractivity contribution in [3.63, 3.8) is 0 Å². The summed E-state index contributed by atoms with van der Waals surface area (Å²) in [7, 11) is 0. The molecular weight excluding hydrogens is 260 g/mol. The van der Waals surface area contributed by atoms with Crippen LogP contribution in [0.1, 0.15) is 20.3 Å². The fourth-order valence-corrected chi connectivity index (χ4v) is 2.46. The van der Waals surface area contributed by atoms with E-state index in [0.717, 1.165) is 13.8 Å². The Kier molecular flexibility index (Phi) is 4.25. The third-order valence-electron chi connectivity index (χ3n) is 3.87. The molecule has 1 fully saturated rings. The van der Waals surface area contributed by atoms with Crippen LogP contribution >= 0.6 is 0 Å². The smallest absolute Gasteiger partial charge is 0.316 e. The maximum absolute atomic E-state index is 12.8. The molecule has 1 rings (SSSR count). The van der Waals surface area contributed by atoms with Crippen molar-refractivity contribution < 1.29 is 26.3 Å². The second kappa shape index (κ2) is 4.90. The molecule has 0 spiro atoms. The first-order valence-corrected chi connectivity index (χ1v) is 5.70. The van der Waals surface area contributed by atoms with Gasteiger partial charge in [0.15, 0.2) is 0 Å². The summed E-state index contributed by atoms with van der Waals surface area (Å²) in [5, 5.41) is 2.65. The standard InChI is InChI=1S/C11H16F6N/c1-7(10(12,13)14)9(4-3-5-18-6-9)8(2)11(15,16)17/h4,7-8,18H,3,5-6H2,1-2H3. The van der Waals surface area contributed by atoms with E-state index < -0.39 is 29.6 Å². The minimum Gasteiger partial charge on any atom is -0.316 e. The van der Waals surface area contributed by atoms with Crippen LogP contribution < -0.4 is 5.32 Å². The topological polar surface area (TPSA) is 12.0 Å². The van der Waals surface area contributed by atoms with E-state index in [-0.39, 0.29) is 13.0 Å². The fraction of sp³-hybridized carbons (Fsp3) is 0.909. The lowest BCUT2D eigenvalue weighted by Gasteiger charge is -2.47. The highest BCUT2D eigenvalue weighted by Crippen LogP contribution is 2.52. The van der Waals surface area contributed by atoms with Gasteiger partial charge >= 0.3 is 12.4 Å². The minimum absolute atomic E-state index is 0.209. The van der Waals surface area contributed by atoms with Gasteiger partial charge in [-0.3, -0.25) is 0 Å². The molecule has 2 atom stereocenters. The lowest BCUT2D eigenvalue weighted by atomic mass is 9.63. The van der Waals surface area contributed by atoms with Gasteiger partial charge in [-0.2, -0.15) is 26.3 Å². The zero-order valence-electron chi connectivity index (χ0n) is 10.1. The van der Waals surface area contributed by atoms with Gasteiger partial charge in [-0.1, -0.05) is 13.8 Å². The fourth-order valence-electron chi connectivity index (χ4n) is 2.46. The highest BCUT2D eigenvalue weighted by Gasteiger charge is 2.59. The van der Waals surface area contributed by atoms with Gasteiger partial charge < -0.3 is 5.32 Å². The van der Waals surface area contributed by atoms with Crippen molar-refractivity contribution in [2.75, 3.05) is 13.1 Å². The van der Waals surface area contributed by atoms with Crippen molar-refractivity contribution in [3.8, 4) is 0 Å². The SMILES string of the molecule is CC(C(F)(F)F)C1(C(C)C(F)(F)F)[CH]CCNC1. The number of hydrogen-bond acceptors (Lipinski definition) is 1. The van der Waals surface area contributed by atoms with Crippen LogP contribution in [0.2, 0.25) is 0 Å². The van der Waals surface area contributed by atoms with E-state index in [2.05, 4.69) is 5.32 Å². The Bertz CT molecular complexity index is 254. The third kappa shape index (κ3) is 2.92. The lowest BCUT2D eigenvalue weighted by Crippen LogP contribution is -2.55. The van der Waals surface area contributed by atoms with Crippen LogP contribution in [-0.2, 0) is 0 Å². The quantitative estimate of drug-likeness (QED) is 0.760. The Labute approximate surface area is 102 Å². The van der Waals surface area contributed by atoms with Gasteiger partial charge in [0, 0.05) is 12.0 Å². The normalized spacial score (nSPS) is 30.0. The highest BCUT2D eigenvalue weighted by molar-refractivity contribution is 5.06. The van der Waals surface area contributed by atoms with Gasteiger partial charge in [0.1, 0.15) is 0 Å². The van der Waals surface area contributed by atoms with Gasteiger partial charge in [0.25, 0.3) is 0 Å². The maximum Gasteiger partial charge on any atom is 0.392 e. The predicted octanol–water partition coefficient (Wildman–Crippen LogP) is 3.57. The molecule has 0 aliphatic carbocycles. The average Bonchev–Trinajstić information content (AvgIpc) is 2.25. The monoisotopic (exact) mass is 276 g/mol. The molecule has 2 unspecified atom stereocenters. The molecule has 1 aliphatic rings. The van der Waals surface area contributed by atoms with Crippen molar-refractivity contribution in [1.29, 1.82) is 0 Å². The van der Waals surface area contributed by atoms with E-state index in [1.54, 1.807) is 0 Å². The Morgan fingerprint density at radius 3 is 1.72 bits per heavy atom. The van der Waals surface area contributed by atoms with Crippen LogP contribution in [0.15, 0.2) is 0 Å². The first-order valence-electron chi connectivity index (χ1n) is 5.70. The molecule has 0 aromatic carbocycles. The van der Waals surface area contributed by atoms with Crippen molar-refractivity contribution in [1.82, 2.24) is 5.32 Å². The number of nitrogens with one attached hydrogen (secondary N) is 1. The van der Waals surface area contributed by atoms with Gasteiger partial charge in [0.2, 0.25) is 0 Å². The van der Waals surface area contributed by atoms with E-state index in [4.69, 9.17) is 0 Å². The molecule has 1 N–H and O–H groups in total. The minimum atomic E-state index is -4.64. The second-order valence-electron chi connectivity index (χ2n) is 4.81. The molecule has 1 aliphatic heterocycles. The van der Waals surface area contributed by atoms with Crippen LogP contribution in [0.25, 0.3) is 0 Å². The zero-order valence-corrected chi connectivity index (χ0v) is 10.1. The lowest BCUT2D eigenvalue weighted by molar-refractivity contribution is -0.249. The van der Waals surface area contributed by atoms with E-state index in [0.29, 0.717) is 6.54 Å². The summed E-state index contributed by atoms with van der Waals surface area (Å²) in [5.74, 6) is -4.07. The maximum atomic E-state index is 12.8. The summed E-state index contributed by atoms with van der Waals surface area (Å²) in [6, 6.07) is 0. The van der Waals surface area contributed by atoms with Crippen molar-refractivity contribution in [2.45, 2.75) is 32.6 Å². The number of rotatable bonds is 2. The van der Waals surface area contributed by atoms with Gasteiger partial charge in [-0.05, 0) is 19.4 Å². The first-order chi connectivity index (χ1) is 8.02. The van der Waals surface area contributed by atoms with Gasteiger partial charge in [-0.15, -0.1) is 0 Å². The second-order valence-corrected chi connectivity index (χ2v) is 4.81. The van der Waals surface area contributed by atoms with Gasteiger partial charge in [-0.25, -0.2) is 0 Å². The third-order valence-corrected chi connectivity index (χ3v) is 3.87. The van der Waals surface area contributed by atoms with Crippen LogP contribution in [0.3, 0.4) is 0 Å². The van der Waals surface area contributed by atoms with E-state index >= 15 is 0 Å². The summed E-state index contributed by atoms with van der Waals surface area (Å²) in [5.41, 5.74) is -1.92. The molecular formula is C11H16F6N. The Balaban J connectivity index is 3.10. The summed E-state index contributed by atoms with van der Waals surface area (Å²) >= 11 is 0. The van der Waals surface area contributed by atoms with Crippen LogP contribution in [0.5, 0.6) is 0 Å². The van der Waals surface area contributed by atoms with Gasteiger partial charge in [0.05, 0.1) is 11.8 Å².